The van der Waals surface area contributed by atoms with Crippen LogP contribution < -0.4 is 5.32 Å². The lowest BCUT2D eigenvalue weighted by atomic mass is 9.86. The second-order valence-corrected chi connectivity index (χ2v) is 7.72. The highest BCUT2D eigenvalue weighted by atomic mass is 32.1. The van der Waals surface area contributed by atoms with Gasteiger partial charge in [-0.1, -0.05) is 0 Å². The third kappa shape index (κ3) is 3.20. The second-order valence-electron chi connectivity index (χ2n) is 6.94. The third-order valence-corrected chi connectivity index (χ3v) is 5.94. The first-order valence-corrected chi connectivity index (χ1v) is 9.73. The Balaban J connectivity index is 1.49. The predicted octanol–water partition coefficient (Wildman–Crippen LogP) is 2.10. The fourth-order valence-electron chi connectivity index (χ4n) is 3.45. The summed E-state index contributed by atoms with van der Waals surface area (Å²) in [5.41, 5.74) is 0.0406. The zero-order valence-corrected chi connectivity index (χ0v) is 14.9. The van der Waals surface area contributed by atoms with Gasteiger partial charge in [-0.05, 0) is 49.1 Å². The average Bonchev–Trinajstić information content (AvgIpc) is 3.09. The van der Waals surface area contributed by atoms with Crippen LogP contribution in [0.5, 0.6) is 0 Å². The van der Waals surface area contributed by atoms with E-state index in [4.69, 9.17) is 0 Å². The van der Waals surface area contributed by atoms with Gasteiger partial charge in [0.1, 0.15) is 5.54 Å². The third-order valence-electron chi connectivity index (χ3n) is 5.26. The Hall–Kier alpha value is -2.15. The Labute approximate surface area is 150 Å². The summed E-state index contributed by atoms with van der Waals surface area (Å²) in [6, 6.07) is 3.70. The monoisotopic (exact) mass is 358 g/mol. The van der Waals surface area contributed by atoms with Crippen LogP contribution in [0.2, 0.25) is 0 Å². The van der Waals surface area contributed by atoms with Gasteiger partial charge < -0.3 is 10.2 Å². The maximum absolute atomic E-state index is 13.0. The molecule has 1 saturated heterocycles. The van der Waals surface area contributed by atoms with Gasteiger partial charge in [0.15, 0.2) is 0 Å². The number of carbonyl (C=O) groups is 2. The largest absolute Gasteiger partial charge is 0.354 e. The summed E-state index contributed by atoms with van der Waals surface area (Å²) in [4.78, 5) is 27.4. The summed E-state index contributed by atoms with van der Waals surface area (Å²) in [6.07, 6.45) is 7.14. The molecule has 2 aliphatic rings. The van der Waals surface area contributed by atoms with Gasteiger partial charge in [-0.15, -0.1) is 0 Å². The molecule has 1 N–H and O–H groups in total. The Morgan fingerprint density at radius 3 is 2.72 bits per heavy atom. The van der Waals surface area contributed by atoms with Crippen LogP contribution in [-0.2, 0) is 10.3 Å². The number of hydrogen-bond acceptors (Lipinski definition) is 4. The highest BCUT2D eigenvalue weighted by molar-refractivity contribution is 7.08. The van der Waals surface area contributed by atoms with E-state index in [9.17, 15) is 9.59 Å². The van der Waals surface area contributed by atoms with Crippen molar-refractivity contribution in [2.24, 2.45) is 5.92 Å². The standard InChI is InChI=1S/C18H22N4O2S/c23-16(15-4-11-25-13-15)21-9-5-18(6-10-21,22-8-1-7-20-22)17(24)19-12-14-2-3-14/h1,4,7-8,11,13-14H,2-3,5-6,9-10,12H2,(H,19,24). The number of nitrogens with one attached hydrogen (secondary N) is 1. The number of hydrogen-bond donors (Lipinski definition) is 1. The van der Waals surface area contributed by atoms with E-state index >= 15 is 0 Å². The Morgan fingerprint density at radius 1 is 1.32 bits per heavy atom. The second kappa shape index (κ2) is 6.63. The number of likely N-dealkylation sites (tertiary alicyclic amines) is 1. The molecule has 1 saturated carbocycles. The SMILES string of the molecule is O=C(c1ccsc1)N1CCC(C(=O)NCC2CC2)(n2cccn2)CC1. The lowest BCUT2D eigenvalue weighted by Gasteiger charge is -2.40. The van der Waals surface area contributed by atoms with Crippen molar-refractivity contribution in [3.8, 4) is 0 Å². The molecule has 2 amide bonds. The molecule has 0 bridgehead atoms. The van der Waals surface area contributed by atoms with Crippen molar-refractivity contribution in [1.82, 2.24) is 20.0 Å². The van der Waals surface area contributed by atoms with E-state index in [1.54, 1.807) is 10.9 Å². The minimum absolute atomic E-state index is 0.0331. The van der Waals surface area contributed by atoms with E-state index in [1.165, 1.54) is 24.2 Å². The van der Waals surface area contributed by atoms with Gasteiger partial charge in [0.25, 0.3) is 5.91 Å². The number of nitrogens with zero attached hydrogens (tertiary/aromatic N) is 3. The number of carbonyl (C=O) groups excluding carboxylic acids is 2. The molecule has 6 nitrogen and oxygen atoms in total. The quantitative estimate of drug-likeness (QED) is 0.890. The van der Waals surface area contributed by atoms with Gasteiger partial charge >= 0.3 is 0 Å². The zero-order valence-electron chi connectivity index (χ0n) is 14.1. The highest BCUT2D eigenvalue weighted by Crippen LogP contribution is 2.32. The Kier molecular flexibility index (Phi) is 4.33. The highest BCUT2D eigenvalue weighted by Gasteiger charge is 2.44. The Morgan fingerprint density at radius 2 is 2.12 bits per heavy atom. The molecular weight excluding hydrogens is 336 g/mol. The van der Waals surface area contributed by atoms with Gasteiger partial charge in [-0.3, -0.25) is 14.3 Å². The summed E-state index contributed by atoms with van der Waals surface area (Å²) in [7, 11) is 0. The van der Waals surface area contributed by atoms with Crippen molar-refractivity contribution in [3.05, 3.63) is 40.8 Å². The number of thiophene rings is 1. The average molecular weight is 358 g/mol. The van der Waals surface area contributed by atoms with Gasteiger partial charge in [-0.2, -0.15) is 16.4 Å². The number of amides is 2. The molecule has 3 heterocycles. The van der Waals surface area contributed by atoms with Crippen LogP contribution in [0.4, 0.5) is 0 Å². The van der Waals surface area contributed by atoms with E-state index in [0.717, 1.165) is 12.1 Å². The molecule has 0 atom stereocenters. The fraction of sp³-hybridized carbons (Fsp3) is 0.500. The lowest BCUT2D eigenvalue weighted by molar-refractivity contribution is -0.133. The molecule has 7 heteroatoms. The first-order chi connectivity index (χ1) is 12.2. The minimum Gasteiger partial charge on any atom is -0.354 e. The molecule has 0 radical (unpaired) electrons. The first kappa shape index (κ1) is 16.3. The van der Waals surface area contributed by atoms with Crippen LogP contribution in [0, 0.1) is 5.92 Å². The molecule has 2 aromatic heterocycles. The molecule has 132 valence electrons. The minimum atomic E-state index is -0.691. The molecule has 0 unspecified atom stereocenters. The van der Waals surface area contributed by atoms with Crippen LogP contribution >= 0.6 is 11.3 Å². The van der Waals surface area contributed by atoms with Crippen molar-refractivity contribution in [3.63, 3.8) is 0 Å². The van der Waals surface area contributed by atoms with Crippen LogP contribution in [-0.4, -0.2) is 46.1 Å². The first-order valence-electron chi connectivity index (χ1n) is 8.79. The molecule has 1 aliphatic carbocycles. The van der Waals surface area contributed by atoms with Crippen LogP contribution in [0.15, 0.2) is 35.3 Å². The summed E-state index contributed by atoms with van der Waals surface area (Å²) >= 11 is 1.52. The van der Waals surface area contributed by atoms with E-state index < -0.39 is 5.54 Å². The Bertz CT molecular complexity index is 729. The predicted molar refractivity (Wildman–Crippen MR) is 95.4 cm³/mol. The lowest BCUT2D eigenvalue weighted by Crippen LogP contribution is -2.56. The van der Waals surface area contributed by atoms with E-state index in [2.05, 4.69) is 10.4 Å². The van der Waals surface area contributed by atoms with Crippen molar-refractivity contribution in [1.29, 1.82) is 0 Å². The normalized spacial score (nSPS) is 19.6. The maximum atomic E-state index is 13.0. The van der Waals surface area contributed by atoms with Gasteiger partial charge in [-0.25, -0.2) is 0 Å². The number of aromatic nitrogens is 2. The molecule has 0 aromatic carbocycles. The van der Waals surface area contributed by atoms with Gasteiger partial charge in [0.05, 0.1) is 5.56 Å². The molecule has 4 rings (SSSR count). The smallest absolute Gasteiger partial charge is 0.254 e. The topological polar surface area (TPSA) is 67.2 Å². The maximum Gasteiger partial charge on any atom is 0.254 e. The van der Waals surface area contributed by atoms with Gasteiger partial charge in [0.2, 0.25) is 5.91 Å². The van der Waals surface area contributed by atoms with E-state index in [1.807, 2.05) is 34.0 Å². The van der Waals surface area contributed by atoms with Gasteiger partial charge in [0, 0.05) is 37.4 Å². The summed E-state index contributed by atoms with van der Waals surface area (Å²) in [6.45, 7) is 1.87. The van der Waals surface area contributed by atoms with Crippen molar-refractivity contribution < 1.29 is 9.59 Å². The van der Waals surface area contributed by atoms with Crippen LogP contribution in [0.25, 0.3) is 0 Å². The van der Waals surface area contributed by atoms with Crippen molar-refractivity contribution in [2.75, 3.05) is 19.6 Å². The van der Waals surface area contributed by atoms with Crippen molar-refractivity contribution >= 4 is 23.2 Å². The van der Waals surface area contributed by atoms with Crippen LogP contribution in [0.3, 0.4) is 0 Å². The number of rotatable bonds is 5. The molecular formula is C18H22N4O2S. The summed E-state index contributed by atoms with van der Waals surface area (Å²) < 4.78 is 1.78. The molecule has 0 spiro atoms. The molecule has 2 aromatic rings. The molecule has 2 fully saturated rings. The fourth-order valence-corrected chi connectivity index (χ4v) is 4.08. The molecule has 1 aliphatic heterocycles. The summed E-state index contributed by atoms with van der Waals surface area (Å²) in [5.74, 6) is 0.721. The summed E-state index contributed by atoms with van der Waals surface area (Å²) in [5, 5.41) is 11.3. The van der Waals surface area contributed by atoms with Crippen LogP contribution in [0.1, 0.15) is 36.0 Å². The number of piperidine rings is 1. The van der Waals surface area contributed by atoms with E-state index in [0.29, 0.717) is 31.8 Å². The van der Waals surface area contributed by atoms with E-state index in [-0.39, 0.29) is 11.8 Å². The van der Waals surface area contributed by atoms with Crippen molar-refractivity contribution in [2.45, 2.75) is 31.2 Å². The molecule has 25 heavy (non-hydrogen) atoms. The zero-order chi connectivity index (χ0) is 17.3.